The van der Waals surface area contributed by atoms with Crippen molar-refractivity contribution in [2.75, 3.05) is 0 Å². The quantitative estimate of drug-likeness (QED) is 0.504. The fourth-order valence-corrected chi connectivity index (χ4v) is 2.82. The minimum absolute atomic E-state index is 0.210. The third kappa shape index (κ3) is 2.14. The molecule has 24 heavy (non-hydrogen) atoms. The Morgan fingerprint density at radius 3 is 2.71 bits per heavy atom. The molecule has 3 aromatic rings. The predicted octanol–water partition coefficient (Wildman–Crippen LogP) is 1.87. The largest absolute Gasteiger partial charge is 0.363 e. The first-order valence-corrected chi connectivity index (χ1v) is 7.51. The van der Waals surface area contributed by atoms with Crippen LogP contribution < -0.4 is 5.69 Å². The molecule has 0 spiro atoms. The smallest absolute Gasteiger partial charge is 0.274 e. The van der Waals surface area contributed by atoms with Crippen LogP contribution in [0.1, 0.15) is 17.1 Å². The molecule has 1 aromatic carbocycles. The molecule has 0 amide bonds. The minimum Gasteiger partial charge on any atom is -0.274 e. The van der Waals surface area contributed by atoms with Crippen molar-refractivity contribution in [3.05, 3.63) is 75.2 Å². The van der Waals surface area contributed by atoms with Gasteiger partial charge in [-0.25, -0.2) is 14.3 Å². The lowest BCUT2D eigenvalue weighted by Gasteiger charge is -2.10. The summed E-state index contributed by atoms with van der Waals surface area (Å²) in [7, 11) is 0. The molecule has 6 nitrogen and oxygen atoms in total. The van der Waals surface area contributed by atoms with Crippen molar-refractivity contribution in [2.45, 2.75) is 6.54 Å². The van der Waals surface area contributed by atoms with Crippen LogP contribution in [0.5, 0.6) is 0 Å². The second kappa shape index (κ2) is 5.48. The third-order valence-electron chi connectivity index (χ3n) is 3.70. The Bertz CT molecular complexity index is 1070. The molecule has 0 saturated carbocycles. The van der Waals surface area contributed by atoms with E-state index in [2.05, 4.69) is 21.1 Å². The summed E-state index contributed by atoms with van der Waals surface area (Å²) in [5, 5.41) is 4.46. The van der Waals surface area contributed by atoms with Gasteiger partial charge in [0.05, 0.1) is 11.4 Å². The van der Waals surface area contributed by atoms with Crippen LogP contribution in [0.2, 0.25) is 5.15 Å². The summed E-state index contributed by atoms with van der Waals surface area (Å²) in [6.45, 7) is 0.210. The van der Waals surface area contributed by atoms with Crippen LogP contribution in [-0.4, -0.2) is 25.0 Å². The number of hydrogen-bond acceptors (Lipinski definition) is 4. The van der Waals surface area contributed by atoms with Gasteiger partial charge in [0, 0.05) is 11.6 Å². The number of pyridine rings is 1. The fraction of sp³-hybridized carbons (Fsp3) is 0.0588. The van der Waals surface area contributed by atoms with Gasteiger partial charge < -0.3 is 0 Å². The van der Waals surface area contributed by atoms with E-state index in [-0.39, 0.29) is 6.54 Å². The highest BCUT2D eigenvalue weighted by Gasteiger charge is 2.24. The lowest BCUT2D eigenvalue weighted by molar-refractivity contribution is 0.838. The SMILES string of the molecule is C#Cn1nc2n(c1=O)-c1ccc(Cl)nc1C(c1ccccc1)=NC2. The zero-order valence-electron chi connectivity index (χ0n) is 12.3. The van der Waals surface area contributed by atoms with Crippen molar-refractivity contribution in [2.24, 2.45) is 4.99 Å². The number of benzene rings is 1. The van der Waals surface area contributed by atoms with E-state index in [0.717, 1.165) is 10.2 Å². The first-order chi connectivity index (χ1) is 11.7. The molecule has 0 N–H and O–H groups in total. The predicted molar refractivity (Wildman–Crippen MR) is 90.6 cm³/mol. The number of terminal acetylenes is 1. The molecule has 2 aromatic heterocycles. The van der Waals surface area contributed by atoms with Gasteiger partial charge in [0.2, 0.25) is 0 Å². The Balaban J connectivity index is 2.04. The second-order valence-corrected chi connectivity index (χ2v) is 5.49. The molecule has 0 atom stereocenters. The molecule has 4 rings (SSSR count). The molecule has 0 radical (unpaired) electrons. The maximum absolute atomic E-state index is 12.5. The van der Waals surface area contributed by atoms with Crippen molar-refractivity contribution in [3.8, 4) is 18.2 Å². The van der Waals surface area contributed by atoms with E-state index in [0.29, 0.717) is 28.1 Å². The highest BCUT2D eigenvalue weighted by molar-refractivity contribution is 6.29. The molecule has 0 saturated heterocycles. The van der Waals surface area contributed by atoms with Crippen molar-refractivity contribution in [3.63, 3.8) is 0 Å². The van der Waals surface area contributed by atoms with E-state index in [9.17, 15) is 4.79 Å². The Morgan fingerprint density at radius 1 is 1.17 bits per heavy atom. The van der Waals surface area contributed by atoms with Crippen LogP contribution in [0.3, 0.4) is 0 Å². The molecule has 0 bridgehead atoms. The standard InChI is InChI=1S/C17H10ClN5O/c1-2-22-17(24)23-12-8-9-13(18)20-16(12)15(19-10-14(23)21-22)11-6-4-3-5-7-11/h1,3-9H,10H2. The highest BCUT2D eigenvalue weighted by Crippen LogP contribution is 2.23. The normalized spacial score (nSPS) is 12.6. The van der Waals surface area contributed by atoms with Gasteiger partial charge in [-0.15, -0.1) is 9.78 Å². The topological polar surface area (TPSA) is 65.1 Å². The minimum atomic E-state index is -0.428. The van der Waals surface area contributed by atoms with Gasteiger partial charge in [0.25, 0.3) is 0 Å². The van der Waals surface area contributed by atoms with Crippen LogP contribution in [-0.2, 0) is 6.54 Å². The first kappa shape index (κ1) is 14.4. The maximum Gasteiger partial charge on any atom is 0.363 e. The summed E-state index contributed by atoms with van der Waals surface area (Å²) in [5.41, 5.74) is 2.19. The van der Waals surface area contributed by atoms with Crippen LogP contribution in [0.25, 0.3) is 5.69 Å². The molecule has 0 fully saturated rings. The van der Waals surface area contributed by atoms with E-state index >= 15 is 0 Å². The zero-order valence-corrected chi connectivity index (χ0v) is 13.1. The molecule has 0 aliphatic carbocycles. The highest BCUT2D eigenvalue weighted by atomic mass is 35.5. The fourth-order valence-electron chi connectivity index (χ4n) is 2.67. The second-order valence-electron chi connectivity index (χ2n) is 5.11. The van der Waals surface area contributed by atoms with E-state index in [1.54, 1.807) is 12.1 Å². The first-order valence-electron chi connectivity index (χ1n) is 7.14. The van der Waals surface area contributed by atoms with Crippen molar-refractivity contribution in [1.82, 2.24) is 19.3 Å². The summed E-state index contributed by atoms with van der Waals surface area (Å²) in [6, 6.07) is 15.2. The van der Waals surface area contributed by atoms with E-state index < -0.39 is 5.69 Å². The van der Waals surface area contributed by atoms with Gasteiger partial charge in [0.15, 0.2) is 5.82 Å². The maximum atomic E-state index is 12.5. The van der Waals surface area contributed by atoms with E-state index in [4.69, 9.17) is 18.0 Å². The Kier molecular flexibility index (Phi) is 3.29. The number of fused-ring (bicyclic) bond motifs is 3. The van der Waals surface area contributed by atoms with Gasteiger partial charge >= 0.3 is 5.69 Å². The monoisotopic (exact) mass is 335 g/mol. The number of aromatic nitrogens is 4. The molecular formula is C17H10ClN5O. The van der Waals surface area contributed by atoms with Crippen LogP contribution in [0, 0.1) is 12.5 Å². The molecule has 116 valence electrons. The molecule has 0 unspecified atom stereocenters. The summed E-state index contributed by atoms with van der Waals surface area (Å²) >= 11 is 6.08. The number of nitrogens with zero attached hydrogens (tertiary/aromatic N) is 5. The zero-order chi connectivity index (χ0) is 16.7. The van der Waals surface area contributed by atoms with Gasteiger partial charge in [-0.1, -0.05) is 48.4 Å². The third-order valence-corrected chi connectivity index (χ3v) is 3.91. The number of rotatable bonds is 1. The Morgan fingerprint density at radius 2 is 1.96 bits per heavy atom. The van der Waals surface area contributed by atoms with Crippen LogP contribution in [0.15, 0.2) is 52.3 Å². The Labute approximate surface area is 142 Å². The summed E-state index contributed by atoms with van der Waals surface area (Å²) < 4.78 is 2.38. The van der Waals surface area contributed by atoms with Crippen LogP contribution >= 0.6 is 11.6 Å². The molecule has 1 aliphatic heterocycles. The molecule has 1 aliphatic rings. The van der Waals surface area contributed by atoms with Crippen molar-refractivity contribution in [1.29, 1.82) is 0 Å². The van der Waals surface area contributed by atoms with Gasteiger partial charge in [-0.3, -0.25) is 4.99 Å². The van der Waals surface area contributed by atoms with E-state index in [1.807, 2.05) is 30.3 Å². The van der Waals surface area contributed by atoms with Crippen LogP contribution in [0.4, 0.5) is 0 Å². The average molecular weight is 336 g/mol. The summed E-state index contributed by atoms with van der Waals surface area (Å²) in [6.07, 6.45) is 5.33. The molecule has 3 heterocycles. The number of aliphatic imine (C=N–C) groups is 1. The van der Waals surface area contributed by atoms with Gasteiger partial charge in [0.1, 0.15) is 17.4 Å². The Hall–Kier alpha value is -3.17. The average Bonchev–Trinajstić information content (AvgIpc) is 2.83. The molecular weight excluding hydrogens is 326 g/mol. The van der Waals surface area contributed by atoms with Crippen molar-refractivity contribution >= 4 is 17.3 Å². The number of hydrogen-bond donors (Lipinski definition) is 0. The van der Waals surface area contributed by atoms with Gasteiger partial charge in [-0.05, 0) is 12.1 Å². The van der Waals surface area contributed by atoms with Crippen molar-refractivity contribution < 1.29 is 0 Å². The lowest BCUT2D eigenvalue weighted by atomic mass is 10.1. The summed E-state index contributed by atoms with van der Waals surface area (Å²) in [5.74, 6) is 0.453. The van der Waals surface area contributed by atoms with E-state index in [1.165, 1.54) is 4.57 Å². The number of halogens is 1. The van der Waals surface area contributed by atoms with Gasteiger partial charge in [-0.2, -0.15) is 0 Å². The summed E-state index contributed by atoms with van der Waals surface area (Å²) in [4.78, 5) is 21.5. The lowest BCUT2D eigenvalue weighted by Crippen LogP contribution is -2.23. The molecule has 7 heteroatoms.